The van der Waals surface area contributed by atoms with Crippen molar-refractivity contribution in [3.05, 3.63) is 35.9 Å². The highest BCUT2D eigenvalue weighted by molar-refractivity contribution is 5.99. The van der Waals surface area contributed by atoms with Crippen LogP contribution in [0.25, 0.3) is 0 Å². The van der Waals surface area contributed by atoms with Crippen LogP contribution in [0.1, 0.15) is 64.5 Å². The molecule has 1 aromatic carbocycles. The van der Waals surface area contributed by atoms with Gasteiger partial charge in [-0.3, -0.25) is 14.4 Å². The van der Waals surface area contributed by atoms with Crippen molar-refractivity contribution < 1.29 is 24.2 Å². The number of amides is 3. The van der Waals surface area contributed by atoms with Crippen molar-refractivity contribution in [3.8, 4) is 0 Å². The Hall–Kier alpha value is -2.45. The van der Waals surface area contributed by atoms with Crippen LogP contribution in [-0.2, 0) is 19.1 Å². The third-order valence-electron chi connectivity index (χ3n) is 8.20. The number of carbonyl (C=O) groups excluding carboxylic acids is 3. The standard InChI is InChI=1S/C26H37N3O5/c1-5-10-16(3)28-23(32)21-26-14-13-25(6-2,34-26)19(22(31)27-4)20(26)24(33)29(21)18(15-30)17-11-8-7-9-12-17/h7-9,11-12,16,18-21,30H,5-6,10,13-15H2,1-4H3,(H,27,31)(H,28,32)/t16?,18-,19-,20+,21?,25+,26?/m1/s1. The van der Waals surface area contributed by atoms with Crippen LogP contribution in [0.3, 0.4) is 0 Å². The summed E-state index contributed by atoms with van der Waals surface area (Å²) in [6.07, 6.45) is 3.45. The molecule has 186 valence electrons. The average molecular weight is 472 g/mol. The average Bonchev–Trinajstić information content (AvgIpc) is 3.44. The van der Waals surface area contributed by atoms with E-state index in [1.54, 1.807) is 7.05 Å². The molecule has 34 heavy (non-hydrogen) atoms. The number of aliphatic hydroxyl groups excluding tert-OH is 1. The van der Waals surface area contributed by atoms with Crippen molar-refractivity contribution in [1.29, 1.82) is 0 Å². The highest BCUT2D eigenvalue weighted by Gasteiger charge is 2.79. The van der Waals surface area contributed by atoms with Crippen LogP contribution in [0.15, 0.2) is 30.3 Å². The molecule has 7 atom stereocenters. The molecule has 3 N–H and O–H groups in total. The Kier molecular flexibility index (Phi) is 6.75. The lowest BCUT2D eigenvalue weighted by Gasteiger charge is -2.38. The minimum atomic E-state index is -1.09. The summed E-state index contributed by atoms with van der Waals surface area (Å²) in [5.41, 5.74) is -1.12. The second kappa shape index (κ2) is 9.30. The Bertz CT molecular complexity index is 940. The fraction of sp³-hybridized carbons (Fsp3) is 0.654. The first kappa shape index (κ1) is 24.7. The molecule has 3 aliphatic heterocycles. The minimum Gasteiger partial charge on any atom is -0.394 e. The van der Waals surface area contributed by atoms with Gasteiger partial charge in [-0.05, 0) is 38.2 Å². The van der Waals surface area contributed by atoms with E-state index in [2.05, 4.69) is 17.6 Å². The highest BCUT2D eigenvalue weighted by atomic mass is 16.5. The summed E-state index contributed by atoms with van der Waals surface area (Å²) in [6.45, 7) is 5.64. The van der Waals surface area contributed by atoms with Gasteiger partial charge in [0.15, 0.2) is 0 Å². The van der Waals surface area contributed by atoms with E-state index in [0.29, 0.717) is 19.3 Å². The van der Waals surface area contributed by atoms with Crippen molar-refractivity contribution in [2.24, 2.45) is 11.8 Å². The Morgan fingerprint density at radius 2 is 1.91 bits per heavy atom. The zero-order valence-electron chi connectivity index (χ0n) is 20.5. The normalized spacial score (nSPS) is 33.5. The van der Waals surface area contributed by atoms with Crippen LogP contribution >= 0.6 is 0 Å². The van der Waals surface area contributed by atoms with E-state index in [1.165, 1.54) is 4.90 Å². The Morgan fingerprint density at radius 3 is 2.50 bits per heavy atom. The molecule has 3 saturated heterocycles. The van der Waals surface area contributed by atoms with Crippen LogP contribution in [0.4, 0.5) is 0 Å². The molecule has 2 bridgehead atoms. The van der Waals surface area contributed by atoms with Gasteiger partial charge in [-0.25, -0.2) is 0 Å². The number of nitrogens with one attached hydrogen (secondary N) is 2. The Labute approximate surface area is 201 Å². The number of fused-ring (bicyclic) bond motifs is 1. The Morgan fingerprint density at radius 1 is 1.21 bits per heavy atom. The molecule has 0 aliphatic carbocycles. The van der Waals surface area contributed by atoms with Crippen LogP contribution in [-0.4, -0.2) is 64.7 Å². The first-order valence-electron chi connectivity index (χ1n) is 12.5. The molecular formula is C26H37N3O5. The van der Waals surface area contributed by atoms with Gasteiger partial charge >= 0.3 is 0 Å². The van der Waals surface area contributed by atoms with Crippen LogP contribution in [0.2, 0.25) is 0 Å². The SMILES string of the molecule is CCCC(C)NC(=O)C1N([C@H](CO)c2ccccc2)C(=O)[C@@H]2[C@H](C(=O)NC)[C@]3(CC)CCC12O3. The zero-order valence-corrected chi connectivity index (χ0v) is 20.5. The smallest absolute Gasteiger partial charge is 0.246 e. The molecule has 1 aromatic rings. The molecule has 3 amide bonds. The lowest BCUT2D eigenvalue weighted by Crippen LogP contribution is -2.57. The molecule has 3 heterocycles. The van der Waals surface area contributed by atoms with Crippen molar-refractivity contribution in [2.75, 3.05) is 13.7 Å². The quantitative estimate of drug-likeness (QED) is 0.510. The third kappa shape index (κ3) is 3.53. The summed E-state index contributed by atoms with van der Waals surface area (Å²) in [5, 5.41) is 16.2. The van der Waals surface area contributed by atoms with Gasteiger partial charge in [0.2, 0.25) is 17.7 Å². The monoisotopic (exact) mass is 471 g/mol. The largest absolute Gasteiger partial charge is 0.394 e. The summed E-state index contributed by atoms with van der Waals surface area (Å²) >= 11 is 0. The van der Waals surface area contributed by atoms with Crippen molar-refractivity contribution in [2.45, 2.75) is 82.2 Å². The maximum absolute atomic E-state index is 14.1. The summed E-state index contributed by atoms with van der Waals surface area (Å²) in [5.74, 6) is -2.25. The highest BCUT2D eigenvalue weighted by Crippen LogP contribution is 2.65. The molecule has 0 radical (unpaired) electrons. The van der Waals surface area contributed by atoms with Gasteiger partial charge in [0.05, 0.1) is 30.1 Å². The minimum absolute atomic E-state index is 0.0670. The summed E-state index contributed by atoms with van der Waals surface area (Å²) < 4.78 is 6.70. The summed E-state index contributed by atoms with van der Waals surface area (Å²) in [6, 6.07) is 7.54. The number of hydrogen-bond donors (Lipinski definition) is 3. The molecule has 3 aliphatic rings. The molecule has 1 spiro atoms. The van der Waals surface area contributed by atoms with Crippen LogP contribution < -0.4 is 10.6 Å². The molecule has 3 fully saturated rings. The molecule has 0 aromatic heterocycles. The third-order valence-corrected chi connectivity index (χ3v) is 8.20. The van der Waals surface area contributed by atoms with Gasteiger partial charge in [0, 0.05) is 13.1 Å². The van der Waals surface area contributed by atoms with Gasteiger partial charge in [-0.15, -0.1) is 0 Å². The van der Waals surface area contributed by atoms with E-state index in [-0.39, 0.29) is 30.4 Å². The maximum Gasteiger partial charge on any atom is 0.246 e. The maximum atomic E-state index is 14.1. The molecule has 8 nitrogen and oxygen atoms in total. The van der Waals surface area contributed by atoms with E-state index in [0.717, 1.165) is 18.4 Å². The van der Waals surface area contributed by atoms with Crippen molar-refractivity contribution in [3.63, 3.8) is 0 Å². The summed E-state index contributed by atoms with van der Waals surface area (Å²) in [4.78, 5) is 42.6. The topological polar surface area (TPSA) is 108 Å². The first-order chi connectivity index (χ1) is 16.3. The van der Waals surface area contributed by atoms with E-state index in [9.17, 15) is 19.5 Å². The number of benzene rings is 1. The number of hydrogen-bond acceptors (Lipinski definition) is 5. The number of nitrogens with zero attached hydrogens (tertiary/aromatic N) is 1. The van der Waals surface area contributed by atoms with Crippen molar-refractivity contribution >= 4 is 17.7 Å². The summed E-state index contributed by atoms with van der Waals surface area (Å²) in [7, 11) is 1.57. The van der Waals surface area contributed by atoms with E-state index >= 15 is 0 Å². The molecule has 8 heteroatoms. The van der Waals surface area contributed by atoms with E-state index < -0.39 is 35.1 Å². The van der Waals surface area contributed by atoms with E-state index in [1.807, 2.05) is 44.2 Å². The lowest BCUT2D eigenvalue weighted by atomic mass is 9.65. The number of aliphatic hydroxyl groups is 1. The van der Waals surface area contributed by atoms with Crippen LogP contribution in [0.5, 0.6) is 0 Å². The first-order valence-corrected chi connectivity index (χ1v) is 12.5. The van der Waals surface area contributed by atoms with Gasteiger partial charge in [0.25, 0.3) is 0 Å². The fourth-order valence-corrected chi connectivity index (χ4v) is 6.70. The second-order valence-electron chi connectivity index (χ2n) is 10.0. The van der Waals surface area contributed by atoms with Gasteiger partial charge in [-0.1, -0.05) is 50.6 Å². The second-order valence-corrected chi connectivity index (χ2v) is 10.0. The molecule has 0 saturated carbocycles. The lowest BCUT2D eigenvalue weighted by molar-refractivity contribution is -0.151. The van der Waals surface area contributed by atoms with Gasteiger partial charge in [-0.2, -0.15) is 0 Å². The van der Waals surface area contributed by atoms with Gasteiger partial charge in [0.1, 0.15) is 11.6 Å². The number of rotatable bonds is 9. The predicted octanol–water partition coefficient (Wildman–Crippen LogP) is 1.93. The zero-order chi connectivity index (χ0) is 24.7. The number of ether oxygens (including phenoxy) is 1. The van der Waals surface area contributed by atoms with Crippen molar-refractivity contribution in [1.82, 2.24) is 15.5 Å². The molecule has 4 rings (SSSR count). The van der Waals surface area contributed by atoms with Gasteiger partial charge < -0.3 is 25.4 Å². The van der Waals surface area contributed by atoms with Crippen LogP contribution in [0, 0.1) is 11.8 Å². The number of likely N-dealkylation sites (tertiary alicyclic amines) is 1. The Balaban J connectivity index is 1.83. The fourth-order valence-electron chi connectivity index (χ4n) is 6.70. The molecular weight excluding hydrogens is 434 g/mol. The predicted molar refractivity (Wildman–Crippen MR) is 127 cm³/mol. The molecule has 3 unspecified atom stereocenters. The number of carbonyl (C=O) groups is 3. The van der Waals surface area contributed by atoms with E-state index in [4.69, 9.17) is 4.74 Å².